The maximum absolute atomic E-state index is 12.1. The Labute approximate surface area is 151 Å². The number of methoxy groups -OCH3 is 2. The number of carbonyl (C=O) groups excluding carboxylic acids is 1. The molecule has 2 aromatic rings. The van der Waals surface area contributed by atoms with Gasteiger partial charge >= 0.3 is 5.97 Å². The highest BCUT2D eigenvalue weighted by Crippen LogP contribution is 2.29. The third-order valence-corrected chi connectivity index (χ3v) is 3.75. The van der Waals surface area contributed by atoms with Crippen LogP contribution in [0.5, 0.6) is 17.2 Å². The molecule has 0 amide bonds. The van der Waals surface area contributed by atoms with E-state index in [9.17, 15) is 4.79 Å². The van der Waals surface area contributed by atoms with Crippen LogP contribution < -0.4 is 14.2 Å². The fraction of sp³-hybridized carbons (Fsp3) is 0.200. The van der Waals surface area contributed by atoms with Gasteiger partial charge in [0.25, 0.3) is 0 Å². The second kappa shape index (κ2) is 7.74. The summed E-state index contributed by atoms with van der Waals surface area (Å²) in [6.45, 7) is 2.44. The third kappa shape index (κ3) is 3.69. The van der Waals surface area contributed by atoms with Crippen molar-refractivity contribution in [2.75, 3.05) is 20.8 Å². The average Bonchev–Trinajstić information content (AvgIpc) is 3.03. The molecule has 0 fully saturated rings. The second-order valence-corrected chi connectivity index (χ2v) is 5.41. The predicted molar refractivity (Wildman–Crippen MR) is 97.8 cm³/mol. The van der Waals surface area contributed by atoms with Crippen molar-refractivity contribution in [3.8, 4) is 17.2 Å². The van der Waals surface area contributed by atoms with Crippen LogP contribution in [0.4, 0.5) is 0 Å². The van der Waals surface area contributed by atoms with Crippen molar-refractivity contribution < 1.29 is 23.7 Å². The largest absolute Gasteiger partial charge is 0.497 e. The molecule has 3 rings (SSSR count). The quantitative estimate of drug-likeness (QED) is 0.588. The Bertz CT molecular complexity index is 868. The molecule has 1 aliphatic heterocycles. The molecule has 2 aromatic carbocycles. The first-order valence-corrected chi connectivity index (χ1v) is 8.12. The summed E-state index contributed by atoms with van der Waals surface area (Å²) in [5.74, 6) is 1.72. The molecular weight excluding hydrogens is 334 g/mol. The van der Waals surface area contributed by atoms with Crippen LogP contribution in [0.2, 0.25) is 0 Å². The first kappa shape index (κ1) is 17.5. The molecule has 0 bridgehead atoms. The normalized spacial score (nSPS) is 14.8. The number of hydrogen-bond acceptors (Lipinski definition) is 6. The summed E-state index contributed by atoms with van der Waals surface area (Å²) in [6.07, 6.45) is 1.65. The molecule has 0 spiro atoms. The Kier molecular flexibility index (Phi) is 5.22. The summed E-state index contributed by atoms with van der Waals surface area (Å²) in [6, 6.07) is 12.5. The number of nitrogens with zero attached hydrogens (tertiary/aromatic N) is 1. The van der Waals surface area contributed by atoms with E-state index in [-0.39, 0.29) is 11.6 Å². The molecule has 1 heterocycles. The van der Waals surface area contributed by atoms with Crippen LogP contribution >= 0.6 is 0 Å². The summed E-state index contributed by atoms with van der Waals surface area (Å²) < 4.78 is 21.2. The van der Waals surface area contributed by atoms with Crippen LogP contribution in [0.1, 0.15) is 18.1 Å². The van der Waals surface area contributed by atoms with Gasteiger partial charge in [0.05, 0.1) is 20.8 Å². The summed E-state index contributed by atoms with van der Waals surface area (Å²) in [7, 11) is 3.16. The smallest absolute Gasteiger partial charge is 0.363 e. The van der Waals surface area contributed by atoms with Crippen LogP contribution in [0.15, 0.2) is 53.2 Å². The van der Waals surface area contributed by atoms with E-state index in [1.807, 2.05) is 13.0 Å². The maximum Gasteiger partial charge on any atom is 0.363 e. The third-order valence-electron chi connectivity index (χ3n) is 3.75. The number of esters is 1. The van der Waals surface area contributed by atoms with E-state index >= 15 is 0 Å². The zero-order chi connectivity index (χ0) is 18.5. The molecular formula is C20H19NO5. The van der Waals surface area contributed by atoms with E-state index in [0.717, 1.165) is 11.3 Å². The summed E-state index contributed by atoms with van der Waals surface area (Å²) in [5, 5.41) is 0. The summed E-state index contributed by atoms with van der Waals surface area (Å²) in [4.78, 5) is 16.4. The van der Waals surface area contributed by atoms with Gasteiger partial charge in [-0.05, 0) is 55.0 Å². The Hall–Kier alpha value is -3.28. The topological polar surface area (TPSA) is 66.3 Å². The zero-order valence-corrected chi connectivity index (χ0v) is 14.8. The van der Waals surface area contributed by atoms with Crippen molar-refractivity contribution in [3.05, 3.63) is 59.3 Å². The van der Waals surface area contributed by atoms with Crippen molar-refractivity contribution in [1.29, 1.82) is 0 Å². The van der Waals surface area contributed by atoms with E-state index in [4.69, 9.17) is 18.9 Å². The van der Waals surface area contributed by atoms with Gasteiger partial charge in [0.1, 0.15) is 5.75 Å². The zero-order valence-electron chi connectivity index (χ0n) is 14.8. The standard InChI is InChI=1S/C20H19NO5/c1-4-25-17-10-5-13(12-18(17)24-3)11-16-20(22)26-19(21-16)14-6-8-15(23-2)9-7-14/h5-12H,4H2,1-3H3/b16-11-. The molecule has 0 saturated heterocycles. The van der Waals surface area contributed by atoms with Gasteiger partial charge in [0, 0.05) is 5.56 Å². The summed E-state index contributed by atoms with van der Waals surface area (Å²) in [5.41, 5.74) is 1.69. The summed E-state index contributed by atoms with van der Waals surface area (Å²) >= 11 is 0. The number of rotatable bonds is 6. The molecule has 134 valence electrons. The number of cyclic esters (lactones) is 1. The number of ether oxygens (including phenoxy) is 4. The number of hydrogen-bond donors (Lipinski definition) is 0. The van der Waals surface area contributed by atoms with Crippen LogP contribution in [-0.4, -0.2) is 32.7 Å². The van der Waals surface area contributed by atoms with E-state index in [1.165, 1.54) is 0 Å². The Morgan fingerprint density at radius 2 is 1.81 bits per heavy atom. The highest BCUT2D eigenvalue weighted by atomic mass is 16.6. The maximum atomic E-state index is 12.1. The first-order chi connectivity index (χ1) is 12.6. The number of aliphatic imine (C=N–C) groups is 1. The molecule has 0 aliphatic carbocycles. The lowest BCUT2D eigenvalue weighted by atomic mass is 10.1. The minimum absolute atomic E-state index is 0.224. The number of benzene rings is 2. The van der Waals surface area contributed by atoms with Crippen LogP contribution in [0.25, 0.3) is 6.08 Å². The molecule has 0 saturated carbocycles. The Balaban J connectivity index is 1.88. The SMILES string of the molecule is CCOc1ccc(/C=C2\N=C(c3ccc(OC)cc3)OC2=O)cc1OC. The molecule has 0 unspecified atom stereocenters. The van der Waals surface area contributed by atoms with Crippen molar-refractivity contribution in [1.82, 2.24) is 0 Å². The molecule has 6 heteroatoms. The van der Waals surface area contributed by atoms with E-state index in [0.29, 0.717) is 23.7 Å². The van der Waals surface area contributed by atoms with Crippen LogP contribution in [-0.2, 0) is 9.53 Å². The van der Waals surface area contributed by atoms with Crippen LogP contribution in [0, 0.1) is 0 Å². The highest BCUT2D eigenvalue weighted by Gasteiger charge is 2.24. The monoisotopic (exact) mass is 353 g/mol. The van der Waals surface area contributed by atoms with Crippen LogP contribution in [0.3, 0.4) is 0 Å². The van der Waals surface area contributed by atoms with Crippen molar-refractivity contribution >= 4 is 17.9 Å². The predicted octanol–water partition coefficient (Wildman–Crippen LogP) is 3.45. The lowest BCUT2D eigenvalue weighted by Gasteiger charge is -2.09. The molecule has 0 N–H and O–H groups in total. The molecule has 1 aliphatic rings. The van der Waals surface area contributed by atoms with E-state index in [2.05, 4.69) is 4.99 Å². The molecule has 0 atom stereocenters. The minimum Gasteiger partial charge on any atom is -0.497 e. The molecule has 0 radical (unpaired) electrons. The lowest BCUT2D eigenvalue weighted by molar-refractivity contribution is -0.129. The van der Waals surface area contributed by atoms with Crippen molar-refractivity contribution in [2.24, 2.45) is 4.99 Å². The van der Waals surface area contributed by atoms with Gasteiger partial charge in [-0.3, -0.25) is 0 Å². The molecule has 26 heavy (non-hydrogen) atoms. The number of carbonyl (C=O) groups is 1. The van der Waals surface area contributed by atoms with Gasteiger partial charge in [-0.1, -0.05) is 6.07 Å². The van der Waals surface area contributed by atoms with Gasteiger partial charge in [-0.25, -0.2) is 9.79 Å². The average molecular weight is 353 g/mol. The first-order valence-electron chi connectivity index (χ1n) is 8.12. The fourth-order valence-corrected chi connectivity index (χ4v) is 2.47. The van der Waals surface area contributed by atoms with Gasteiger partial charge in [0.2, 0.25) is 5.90 Å². The molecule has 6 nitrogen and oxygen atoms in total. The van der Waals surface area contributed by atoms with Gasteiger partial charge < -0.3 is 18.9 Å². The van der Waals surface area contributed by atoms with Crippen molar-refractivity contribution in [2.45, 2.75) is 6.92 Å². The van der Waals surface area contributed by atoms with Gasteiger partial charge in [-0.2, -0.15) is 0 Å². The van der Waals surface area contributed by atoms with Gasteiger partial charge in [-0.15, -0.1) is 0 Å². The Morgan fingerprint density at radius 3 is 2.46 bits per heavy atom. The highest BCUT2D eigenvalue weighted by molar-refractivity contribution is 6.12. The van der Waals surface area contributed by atoms with Crippen molar-refractivity contribution in [3.63, 3.8) is 0 Å². The minimum atomic E-state index is -0.497. The van der Waals surface area contributed by atoms with Gasteiger partial charge in [0.15, 0.2) is 17.2 Å². The molecule has 0 aromatic heterocycles. The second-order valence-electron chi connectivity index (χ2n) is 5.41. The fourth-order valence-electron chi connectivity index (χ4n) is 2.47. The lowest BCUT2D eigenvalue weighted by Crippen LogP contribution is -2.05. The Morgan fingerprint density at radius 1 is 1.04 bits per heavy atom. The van der Waals surface area contributed by atoms with E-state index < -0.39 is 5.97 Å². The van der Waals surface area contributed by atoms with E-state index in [1.54, 1.807) is 56.7 Å².